The number of amides is 1. The summed E-state index contributed by atoms with van der Waals surface area (Å²) < 4.78 is 38.3. The summed E-state index contributed by atoms with van der Waals surface area (Å²) in [6.07, 6.45) is 9.77. The van der Waals surface area contributed by atoms with Crippen LogP contribution < -0.4 is 18.9 Å². The third kappa shape index (κ3) is 10.5. The standard InChI is InChI=1S/C53H59N3O12/c1-3-5-27-62-52(59)55(33-37-20-22-47-48(28-37)64-35-63-47)49-32-45(54-66-34-36-14-7-6-8-15-36)43-29-38(16-9-11-24-57)42(19-10-12-25-58)50-44-31-41(67-40-18-13-17-39(30-40)56(60)61)21-23-46(44)68-53(49,51(43)50)65-26-4-2/h3-4,6-8,13-15,17-18,20-23,28-31,38,42,49-51,57-58H,1-2,5,9-12,16,19,24-27,32-35H2. The van der Waals surface area contributed by atoms with Crippen LogP contribution in [0.25, 0.3) is 0 Å². The summed E-state index contributed by atoms with van der Waals surface area (Å²) in [6.45, 7) is 8.46. The van der Waals surface area contributed by atoms with Gasteiger partial charge in [0, 0.05) is 43.7 Å². The van der Waals surface area contributed by atoms with Gasteiger partial charge in [-0.2, -0.15) is 0 Å². The Bertz CT molecular complexity index is 2480. The van der Waals surface area contributed by atoms with Gasteiger partial charge in [-0.05, 0) is 97.0 Å². The smallest absolute Gasteiger partial charge is 0.410 e. The Morgan fingerprint density at radius 1 is 0.882 bits per heavy atom. The van der Waals surface area contributed by atoms with E-state index in [9.17, 15) is 25.1 Å². The van der Waals surface area contributed by atoms with Gasteiger partial charge >= 0.3 is 6.09 Å². The van der Waals surface area contributed by atoms with Gasteiger partial charge in [0.2, 0.25) is 12.6 Å². The molecule has 2 N–H and O–H groups in total. The Balaban J connectivity index is 1.33. The number of aliphatic hydroxyl groups excluding tert-OH is 2. The van der Waals surface area contributed by atoms with E-state index in [2.05, 4.69) is 19.2 Å². The molecule has 15 heteroatoms. The molecule has 0 radical (unpaired) electrons. The number of nitro groups is 1. The maximum atomic E-state index is 14.9. The van der Waals surface area contributed by atoms with Gasteiger partial charge in [-0.3, -0.25) is 15.0 Å². The fourth-order valence-electron chi connectivity index (χ4n) is 10.1. The van der Waals surface area contributed by atoms with E-state index in [4.69, 9.17) is 38.4 Å². The Labute approximate surface area is 396 Å². The van der Waals surface area contributed by atoms with Gasteiger partial charge in [0.15, 0.2) is 11.5 Å². The summed E-state index contributed by atoms with van der Waals surface area (Å²) >= 11 is 0. The van der Waals surface area contributed by atoms with Crippen molar-refractivity contribution in [1.29, 1.82) is 0 Å². The van der Waals surface area contributed by atoms with Crippen molar-refractivity contribution in [2.24, 2.45) is 22.9 Å². The fourth-order valence-corrected chi connectivity index (χ4v) is 10.1. The van der Waals surface area contributed by atoms with Crippen LogP contribution in [0.5, 0.6) is 28.7 Å². The number of fused-ring (bicyclic) bond motifs is 3. The van der Waals surface area contributed by atoms with Crippen molar-refractivity contribution in [2.45, 2.75) is 82.3 Å². The monoisotopic (exact) mass is 929 g/mol. The highest BCUT2D eigenvalue weighted by Crippen LogP contribution is 2.62. The molecular weight excluding hydrogens is 871 g/mol. The molecule has 6 unspecified atom stereocenters. The third-order valence-electron chi connectivity index (χ3n) is 13.1. The molecule has 6 atom stereocenters. The Hall–Kier alpha value is -6.68. The molecule has 1 fully saturated rings. The summed E-state index contributed by atoms with van der Waals surface area (Å²) in [5.74, 6) is -0.232. The van der Waals surface area contributed by atoms with E-state index in [1.807, 2.05) is 60.7 Å². The third-order valence-corrected chi connectivity index (χ3v) is 13.1. The molecule has 0 spiro atoms. The highest BCUT2D eigenvalue weighted by molar-refractivity contribution is 6.03. The van der Waals surface area contributed by atoms with E-state index in [-0.39, 0.29) is 76.2 Å². The van der Waals surface area contributed by atoms with E-state index >= 15 is 0 Å². The lowest BCUT2D eigenvalue weighted by Crippen LogP contribution is -2.70. The summed E-state index contributed by atoms with van der Waals surface area (Å²) in [7, 11) is 0. The van der Waals surface area contributed by atoms with Crippen LogP contribution in [0.2, 0.25) is 0 Å². The molecule has 0 saturated heterocycles. The maximum Gasteiger partial charge on any atom is 0.410 e. The highest BCUT2D eigenvalue weighted by Gasteiger charge is 2.65. The van der Waals surface area contributed by atoms with Crippen LogP contribution in [0.4, 0.5) is 10.5 Å². The minimum absolute atomic E-state index is 0.0228. The molecule has 1 saturated carbocycles. The lowest BCUT2D eigenvalue weighted by Gasteiger charge is -2.59. The molecule has 68 heavy (non-hydrogen) atoms. The zero-order valence-corrected chi connectivity index (χ0v) is 38.1. The minimum Gasteiger partial charge on any atom is -0.459 e. The molecule has 4 aliphatic rings. The Kier molecular flexibility index (Phi) is 15.8. The molecule has 2 aliphatic heterocycles. The van der Waals surface area contributed by atoms with Crippen LogP contribution in [0.15, 0.2) is 133 Å². The molecule has 4 aromatic carbocycles. The van der Waals surface area contributed by atoms with Crippen molar-refractivity contribution in [3.05, 3.63) is 155 Å². The summed E-state index contributed by atoms with van der Waals surface area (Å²) in [4.78, 5) is 34.0. The van der Waals surface area contributed by atoms with Gasteiger partial charge in [-0.1, -0.05) is 78.7 Å². The predicted molar refractivity (Wildman–Crippen MR) is 254 cm³/mol. The first-order valence-corrected chi connectivity index (χ1v) is 23.4. The highest BCUT2D eigenvalue weighted by atomic mass is 16.7. The number of rotatable bonds is 23. The average molecular weight is 930 g/mol. The second-order valence-corrected chi connectivity index (χ2v) is 17.4. The molecule has 0 bridgehead atoms. The van der Waals surface area contributed by atoms with E-state index < -0.39 is 28.8 Å². The molecule has 0 aromatic heterocycles. The lowest BCUT2D eigenvalue weighted by molar-refractivity contribution is -0.384. The van der Waals surface area contributed by atoms with Crippen molar-refractivity contribution in [3.8, 4) is 28.7 Å². The van der Waals surface area contributed by atoms with Crippen LogP contribution in [-0.2, 0) is 27.5 Å². The van der Waals surface area contributed by atoms with Gasteiger partial charge in [-0.15, -0.1) is 13.2 Å². The number of nitrogens with zero attached hydrogens (tertiary/aromatic N) is 3. The van der Waals surface area contributed by atoms with Gasteiger partial charge in [0.1, 0.15) is 29.9 Å². The molecule has 1 amide bonds. The van der Waals surface area contributed by atoms with Crippen LogP contribution >= 0.6 is 0 Å². The fraction of sp³-hybridized carbons (Fsp3) is 0.396. The molecular formula is C53H59N3O12. The van der Waals surface area contributed by atoms with Crippen molar-refractivity contribution in [3.63, 3.8) is 0 Å². The van der Waals surface area contributed by atoms with E-state index in [1.54, 1.807) is 35.3 Å². The number of allylic oxidation sites excluding steroid dienone is 1. The lowest BCUT2D eigenvalue weighted by atomic mass is 9.55. The summed E-state index contributed by atoms with van der Waals surface area (Å²) in [6, 6.07) is 26.0. The topological polar surface area (TPSA) is 181 Å². The average Bonchev–Trinajstić information content (AvgIpc) is 3.83. The number of carbonyl (C=O) groups is 1. The zero-order valence-electron chi connectivity index (χ0n) is 38.1. The Morgan fingerprint density at radius 2 is 1.66 bits per heavy atom. The quantitative estimate of drug-likeness (QED) is 0.0311. The number of aliphatic hydroxyl groups is 2. The van der Waals surface area contributed by atoms with Crippen LogP contribution in [0, 0.1) is 27.9 Å². The molecule has 358 valence electrons. The van der Waals surface area contributed by atoms with E-state index in [1.165, 1.54) is 12.1 Å². The second-order valence-electron chi connectivity index (χ2n) is 17.4. The van der Waals surface area contributed by atoms with Crippen LogP contribution in [0.1, 0.15) is 74.0 Å². The number of non-ortho nitro benzene ring substituents is 1. The first-order chi connectivity index (χ1) is 33.3. The molecule has 2 aliphatic carbocycles. The predicted octanol–water partition coefficient (Wildman–Crippen LogP) is 10.2. The van der Waals surface area contributed by atoms with E-state index in [0.29, 0.717) is 60.1 Å². The number of hydrogen-bond donors (Lipinski definition) is 2. The van der Waals surface area contributed by atoms with Crippen molar-refractivity contribution in [1.82, 2.24) is 4.90 Å². The number of carbonyl (C=O) groups excluding carboxylic acids is 1. The minimum atomic E-state index is -1.57. The van der Waals surface area contributed by atoms with Gasteiger partial charge in [0.05, 0.1) is 35.8 Å². The summed E-state index contributed by atoms with van der Waals surface area (Å²) in [5.41, 5.74) is 3.87. The molecule has 2 heterocycles. The maximum absolute atomic E-state index is 14.9. The second kappa shape index (κ2) is 22.4. The first kappa shape index (κ1) is 47.8. The van der Waals surface area contributed by atoms with Crippen molar-refractivity contribution >= 4 is 17.5 Å². The number of nitro benzene ring substituents is 1. The van der Waals surface area contributed by atoms with Gasteiger partial charge in [-0.25, -0.2) is 4.79 Å². The van der Waals surface area contributed by atoms with Crippen LogP contribution in [-0.4, -0.2) is 76.9 Å². The first-order valence-electron chi connectivity index (χ1n) is 23.4. The van der Waals surface area contributed by atoms with Crippen molar-refractivity contribution in [2.75, 3.05) is 33.2 Å². The number of ether oxygens (including phenoxy) is 6. The summed E-state index contributed by atoms with van der Waals surface area (Å²) in [5, 5.41) is 36.7. The van der Waals surface area contributed by atoms with Crippen LogP contribution in [0.3, 0.4) is 0 Å². The van der Waals surface area contributed by atoms with Crippen molar-refractivity contribution < 1.29 is 53.2 Å². The SMILES string of the molecule is C=CCCOC(=O)N(Cc1ccc2c(c1)OCO2)C1CC(=NOCc2ccccc2)C2=CC(CCCCO)C(CCCCO)C3c4cc(Oc5cccc([N+](=O)[O-])c5)ccc4OC1(OCC=C)C23. The molecule has 4 aromatic rings. The zero-order chi connectivity index (χ0) is 47.5. The normalized spacial score (nSPS) is 22.5. The number of unbranched alkanes of at least 4 members (excludes halogenated alkanes) is 2. The number of benzene rings is 4. The largest absolute Gasteiger partial charge is 0.459 e. The van der Waals surface area contributed by atoms with Gasteiger partial charge in [0.25, 0.3) is 5.69 Å². The van der Waals surface area contributed by atoms with Gasteiger partial charge < -0.3 is 43.5 Å². The Morgan fingerprint density at radius 3 is 2.44 bits per heavy atom. The molecule has 15 nitrogen and oxygen atoms in total. The molecule has 8 rings (SSSR count). The van der Waals surface area contributed by atoms with E-state index in [0.717, 1.165) is 41.5 Å². The number of oxime groups is 1. The number of hydrogen-bond acceptors (Lipinski definition) is 13.